The number of aliphatic carboxylic acids is 1. The number of nitrogens with one attached hydrogen (secondary N) is 1. The second kappa shape index (κ2) is 9.71. The van der Waals surface area contributed by atoms with Gasteiger partial charge < -0.3 is 19.9 Å². The number of carbonyl (C=O) groups is 2. The van der Waals surface area contributed by atoms with Gasteiger partial charge in [0.05, 0.1) is 6.61 Å². The van der Waals surface area contributed by atoms with Gasteiger partial charge >= 0.3 is 5.97 Å². The Labute approximate surface area is 136 Å². The largest absolute Gasteiger partial charge is 0.494 e. The zero-order valence-corrected chi connectivity index (χ0v) is 13.9. The molecule has 2 N–H and O–H groups in total. The van der Waals surface area contributed by atoms with Gasteiger partial charge in [0.25, 0.3) is 5.91 Å². The molecule has 6 heteroatoms. The van der Waals surface area contributed by atoms with E-state index in [2.05, 4.69) is 5.32 Å². The molecule has 1 aromatic carbocycles. The summed E-state index contributed by atoms with van der Waals surface area (Å²) in [6.07, 6.45) is 1.59. The van der Waals surface area contributed by atoms with Crippen LogP contribution in [-0.4, -0.2) is 36.2 Å². The van der Waals surface area contributed by atoms with E-state index in [0.717, 1.165) is 12.2 Å². The lowest BCUT2D eigenvalue weighted by Crippen LogP contribution is -2.46. The van der Waals surface area contributed by atoms with Crippen molar-refractivity contribution in [3.8, 4) is 11.5 Å². The van der Waals surface area contributed by atoms with Crippen molar-refractivity contribution in [2.75, 3.05) is 13.2 Å². The normalized spacial score (nSPS) is 13.0. The molecule has 1 rings (SSSR count). The van der Waals surface area contributed by atoms with E-state index in [1.165, 1.54) is 0 Å². The minimum atomic E-state index is -1.04. The number of carboxylic acid groups (broad SMARTS) is 1. The summed E-state index contributed by atoms with van der Waals surface area (Å²) in [5.74, 6) is -0.369. The minimum absolute atomic E-state index is 0.147. The molecule has 128 valence electrons. The van der Waals surface area contributed by atoms with Crippen LogP contribution in [0.25, 0.3) is 0 Å². The van der Waals surface area contributed by atoms with Gasteiger partial charge in [-0.1, -0.05) is 27.2 Å². The molecule has 0 saturated carbocycles. The smallest absolute Gasteiger partial charge is 0.326 e. The van der Waals surface area contributed by atoms with Crippen LogP contribution in [0.4, 0.5) is 0 Å². The molecule has 0 radical (unpaired) electrons. The Morgan fingerprint density at radius 1 is 1.13 bits per heavy atom. The van der Waals surface area contributed by atoms with Gasteiger partial charge in [0.2, 0.25) is 0 Å². The Balaban J connectivity index is 2.47. The lowest BCUT2D eigenvalue weighted by atomic mass is 9.99. The van der Waals surface area contributed by atoms with Crippen LogP contribution in [0, 0.1) is 5.92 Å². The first-order valence-corrected chi connectivity index (χ1v) is 7.85. The fourth-order valence-corrected chi connectivity index (χ4v) is 1.90. The van der Waals surface area contributed by atoms with Crippen LogP contribution < -0.4 is 14.8 Å². The zero-order chi connectivity index (χ0) is 17.2. The predicted molar refractivity (Wildman–Crippen MR) is 86.7 cm³/mol. The van der Waals surface area contributed by atoms with Crippen molar-refractivity contribution in [2.45, 2.75) is 39.7 Å². The lowest BCUT2D eigenvalue weighted by Gasteiger charge is -2.20. The van der Waals surface area contributed by atoms with Gasteiger partial charge in [-0.15, -0.1) is 0 Å². The van der Waals surface area contributed by atoms with Crippen molar-refractivity contribution < 1.29 is 24.2 Å². The number of hydrogen-bond donors (Lipinski definition) is 2. The van der Waals surface area contributed by atoms with Crippen molar-refractivity contribution in [3.63, 3.8) is 0 Å². The fraction of sp³-hybridized carbons (Fsp3) is 0.529. The number of ether oxygens (including phenoxy) is 2. The second-order valence-corrected chi connectivity index (χ2v) is 5.38. The Morgan fingerprint density at radius 3 is 2.17 bits per heavy atom. The minimum Gasteiger partial charge on any atom is -0.494 e. The molecule has 0 aromatic heterocycles. The monoisotopic (exact) mass is 323 g/mol. The van der Waals surface area contributed by atoms with Crippen molar-refractivity contribution >= 4 is 11.9 Å². The highest BCUT2D eigenvalue weighted by atomic mass is 16.5. The molecule has 0 heterocycles. The van der Waals surface area contributed by atoms with E-state index in [1.807, 2.05) is 13.8 Å². The molecule has 0 unspecified atom stereocenters. The first-order chi connectivity index (χ1) is 11.0. The van der Waals surface area contributed by atoms with E-state index in [4.69, 9.17) is 14.6 Å². The number of benzene rings is 1. The number of carboxylic acids is 1. The molecule has 2 atom stereocenters. The molecule has 23 heavy (non-hydrogen) atoms. The van der Waals surface area contributed by atoms with Gasteiger partial charge in [-0.2, -0.15) is 0 Å². The summed E-state index contributed by atoms with van der Waals surface area (Å²) in [7, 11) is 0. The molecule has 0 aliphatic heterocycles. The Kier molecular flexibility index (Phi) is 7.94. The Morgan fingerprint density at radius 2 is 1.70 bits per heavy atom. The van der Waals surface area contributed by atoms with Crippen LogP contribution in [0.3, 0.4) is 0 Å². The Hall–Kier alpha value is -2.24. The highest BCUT2D eigenvalue weighted by Crippen LogP contribution is 2.17. The van der Waals surface area contributed by atoms with E-state index in [0.29, 0.717) is 18.8 Å². The molecular formula is C17H25NO5. The quantitative estimate of drug-likeness (QED) is 0.691. The second-order valence-electron chi connectivity index (χ2n) is 5.38. The summed E-state index contributed by atoms with van der Waals surface area (Å²) in [6.45, 7) is 6.12. The summed E-state index contributed by atoms with van der Waals surface area (Å²) < 4.78 is 10.8. The number of hydrogen-bond acceptors (Lipinski definition) is 4. The first kappa shape index (κ1) is 18.8. The van der Waals surface area contributed by atoms with Gasteiger partial charge in [-0.05, 0) is 36.6 Å². The van der Waals surface area contributed by atoms with Crippen LogP contribution in [0.2, 0.25) is 0 Å². The van der Waals surface area contributed by atoms with E-state index in [9.17, 15) is 9.59 Å². The lowest BCUT2D eigenvalue weighted by molar-refractivity contribution is -0.143. The van der Waals surface area contributed by atoms with Crippen LogP contribution in [0.5, 0.6) is 11.5 Å². The summed E-state index contributed by atoms with van der Waals surface area (Å²) in [5, 5.41) is 11.6. The van der Waals surface area contributed by atoms with Gasteiger partial charge in [0.1, 0.15) is 17.5 Å². The van der Waals surface area contributed by atoms with Crippen molar-refractivity contribution in [1.82, 2.24) is 5.32 Å². The van der Waals surface area contributed by atoms with E-state index < -0.39 is 17.9 Å². The maximum Gasteiger partial charge on any atom is 0.326 e. The van der Waals surface area contributed by atoms with Crippen LogP contribution in [0.15, 0.2) is 24.3 Å². The number of rotatable bonds is 10. The van der Waals surface area contributed by atoms with Gasteiger partial charge in [0.15, 0.2) is 6.61 Å². The van der Waals surface area contributed by atoms with Crippen LogP contribution >= 0.6 is 0 Å². The molecule has 0 fully saturated rings. The topological polar surface area (TPSA) is 84.9 Å². The molecule has 0 saturated heterocycles. The molecule has 0 aliphatic rings. The molecule has 1 aromatic rings. The summed E-state index contributed by atoms with van der Waals surface area (Å²) >= 11 is 0. The molecule has 0 aliphatic carbocycles. The first-order valence-electron chi connectivity index (χ1n) is 7.85. The van der Waals surface area contributed by atoms with Crippen molar-refractivity contribution in [2.24, 2.45) is 5.92 Å². The average molecular weight is 323 g/mol. The number of carbonyl (C=O) groups excluding carboxylic acids is 1. The maximum absolute atomic E-state index is 11.8. The highest BCUT2D eigenvalue weighted by molar-refractivity contribution is 5.84. The maximum atomic E-state index is 11.8. The third-order valence-corrected chi connectivity index (χ3v) is 3.46. The third kappa shape index (κ3) is 6.59. The standard InChI is InChI=1S/C17H25NO5/c1-4-10-22-13-6-8-14(9-7-13)23-11-15(19)18-16(17(20)21)12(3)5-2/h6-9,12,16H,4-5,10-11H2,1-3H3,(H,18,19)(H,20,21)/t12-,16-/m0/s1. The van der Waals surface area contributed by atoms with Crippen LogP contribution in [-0.2, 0) is 9.59 Å². The fourth-order valence-electron chi connectivity index (χ4n) is 1.90. The van der Waals surface area contributed by atoms with Gasteiger partial charge in [0, 0.05) is 0 Å². The predicted octanol–water partition coefficient (Wildman–Crippen LogP) is 2.47. The van der Waals surface area contributed by atoms with E-state index in [-0.39, 0.29) is 12.5 Å². The molecule has 0 spiro atoms. The Bertz CT molecular complexity index is 500. The van der Waals surface area contributed by atoms with E-state index >= 15 is 0 Å². The molecule has 1 amide bonds. The number of amides is 1. The summed E-state index contributed by atoms with van der Waals surface area (Å²) in [6, 6.07) is 6.05. The average Bonchev–Trinajstić information content (AvgIpc) is 2.55. The molecular weight excluding hydrogens is 298 g/mol. The van der Waals surface area contributed by atoms with E-state index in [1.54, 1.807) is 31.2 Å². The molecule has 0 bridgehead atoms. The SMILES string of the molecule is CCCOc1ccc(OCC(=O)N[C@H](C(=O)O)[C@@H](C)CC)cc1. The van der Waals surface area contributed by atoms with Crippen molar-refractivity contribution in [3.05, 3.63) is 24.3 Å². The summed E-state index contributed by atoms with van der Waals surface area (Å²) in [5.41, 5.74) is 0. The van der Waals surface area contributed by atoms with Gasteiger partial charge in [-0.25, -0.2) is 4.79 Å². The van der Waals surface area contributed by atoms with Crippen molar-refractivity contribution in [1.29, 1.82) is 0 Å². The van der Waals surface area contributed by atoms with Crippen LogP contribution in [0.1, 0.15) is 33.6 Å². The van der Waals surface area contributed by atoms with Gasteiger partial charge in [-0.3, -0.25) is 4.79 Å². The molecule has 6 nitrogen and oxygen atoms in total. The summed E-state index contributed by atoms with van der Waals surface area (Å²) in [4.78, 5) is 23.0. The zero-order valence-electron chi connectivity index (χ0n) is 13.9. The third-order valence-electron chi connectivity index (χ3n) is 3.46. The highest BCUT2D eigenvalue weighted by Gasteiger charge is 2.25.